The fraction of sp³-hybridized carbons (Fsp3) is 0.727. The molecule has 1 rings (SSSR count). The van der Waals surface area contributed by atoms with E-state index in [2.05, 4.69) is 10.6 Å². The van der Waals surface area contributed by atoms with Gasteiger partial charge in [-0.25, -0.2) is 0 Å². The van der Waals surface area contributed by atoms with Crippen molar-refractivity contribution in [1.82, 2.24) is 20.4 Å². The van der Waals surface area contributed by atoms with E-state index < -0.39 is 37.1 Å². The van der Waals surface area contributed by atoms with E-state index in [1.807, 2.05) is 0 Å². The van der Waals surface area contributed by atoms with Crippen LogP contribution in [0.4, 0.5) is 13.2 Å². The van der Waals surface area contributed by atoms with Crippen LogP contribution < -0.4 is 10.6 Å². The van der Waals surface area contributed by atoms with Gasteiger partial charge < -0.3 is 15.1 Å². The second-order valence-corrected chi connectivity index (χ2v) is 4.84. The molecule has 0 aromatic carbocycles. The number of halogens is 3. The summed E-state index contributed by atoms with van der Waals surface area (Å²) in [5.74, 6) is -1.83. The summed E-state index contributed by atoms with van der Waals surface area (Å²) in [5.41, 5.74) is 0. The fourth-order valence-electron chi connectivity index (χ4n) is 1.69. The van der Waals surface area contributed by atoms with Gasteiger partial charge in [-0.2, -0.15) is 13.2 Å². The van der Waals surface area contributed by atoms with E-state index in [4.69, 9.17) is 0 Å². The monoisotopic (exact) mass is 310 g/mol. The molecule has 21 heavy (non-hydrogen) atoms. The molecular weight excluding hydrogens is 293 g/mol. The van der Waals surface area contributed by atoms with Crippen LogP contribution in [0, 0.1) is 0 Å². The Morgan fingerprint density at radius 2 is 1.95 bits per heavy atom. The van der Waals surface area contributed by atoms with Crippen molar-refractivity contribution in [2.24, 2.45) is 0 Å². The van der Waals surface area contributed by atoms with Crippen LogP contribution in [0.3, 0.4) is 0 Å². The quantitative estimate of drug-likeness (QED) is 0.666. The molecule has 0 aromatic rings. The lowest BCUT2D eigenvalue weighted by Gasteiger charge is -2.30. The van der Waals surface area contributed by atoms with Crippen LogP contribution >= 0.6 is 0 Å². The molecule has 0 aromatic heterocycles. The van der Waals surface area contributed by atoms with Crippen molar-refractivity contribution in [2.45, 2.75) is 12.2 Å². The number of likely N-dealkylation sites (N-methyl/N-ethyl adjacent to an activating group) is 1. The van der Waals surface area contributed by atoms with Gasteiger partial charge in [0.05, 0.1) is 6.54 Å². The smallest absolute Gasteiger partial charge is 0.353 e. The Bertz CT molecular complexity index is 415. The minimum Gasteiger partial charge on any atom is -0.353 e. The highest BCUT2D eigenvalue weighted by molar-refractivity contribution is 5.89. The zero-order valence-corrected chi connectivity index (χ0v) is 11.7. The number of nitrogens with one attached hydrogen (secondary N) is 2. The maximum Gasteiger partial charge on any atom is 0.406 e. The van der Waals surface area contributed by atoms with Crippen molar-refractivity contribution in [1.29, 1.82) is 0 Å². The zero-order valence-electron chi connectivity index (χ0n) is 11.7. The molecule has 10 heteroatoms. The molecule has 0 radical (unpaired) electrons. The molecule has 1 atom stereocenters. The highest BCUT2D eigenvalue weighted by Gasteiger charge is 2.37. The molecule has 0 bridgehead atoms. The van der Waals surface area contributed by atoms with Gasteiger partial charge >= 0.3 is 6.18 Å². The van der Waals surface area contributed by atoms with Crippen molar-refractivity contribution in [3.63, 3.8) is 0 Å². The molecule has 1 unspecified atom stereocenters. The second-order valence-electron chi connectivity index (χ2n) is 4.84. The Kier molecular flexibility index (Phi) is 5.53. The first-order chi connectivity index (χ1) is 9.60. The lowest BCUT2D eigenvalue weighted by molar-refractivity contribution is -0.165. The maximum atomic E-state index is 12.5. The van der Waals surface area contributed by atoms with Gasteiger partial charge in [-0.3, -0.25) is 19.7 Å². The molecule has 0 aliphatic carbocycles. The van der Waals surface area contributed by atoms with E-state index >= 15 is 0 Å². The molecule has 3 amide bonds. The minimum absolute atomic E-state index is 0.109. The van der Waals surface area contributed by atoms with Gasteiger partial charge in [0.1, 0.15) is 19.1 Å². The molecule has 1 fully saturated rings. The average molecular weight is 310 g/mol. The topological polar surface area (TPSA) is 81.8 Å². The Hall–Kier alpha value is -1.84. The van der Waals surface area contributed by atoms with Gasteiger partial charge in [-0.05, 0) is 0 Å². The summed E-state index contributed by atoms with van der Waals surface area (Å²) < 4.78 is 37.6. The second kappa shape index (κ2) is 6.74. The first-order valence-electron chi connectivity index (χ1n) is 6.16. The Morgan fingerprint density at radius 1 is 1.33 bits per heavy atom. The van der Waals surface area contributed by atoms with Crippen molar-refractivity contribution < 1.29 is 27.6 Å². The Balaban J connectivity index is 2.77. The summed E-state index contributed by atoms with van der Waals surface area (Å²) >= 11 is 0. The standard InChI is InChI=1S/C11H17F3N4O3/c1-17(2)9(20)5-18(6-11(12,13)14)10(21)7-3-16-8(19)4-15-7/h7,15H,3-6H2,1-2H3,(H,16,19). The highest BCUT2D eigenvalue weighted by Crippen LogP contribution is 2.17. The van der Waals surface area contributed by atoms with Crippen molar-refractivity contribution in [3.05, 3.63) is 0 Å². The van der Waals surface area contributed by atoms with Crippen LogP contribution in [-0.4, -0.2) is 80.0 Å². The fourth-order valence-corrected chi connectivity index (χ4v) is 1.69. The number of hydrogen-bond donors (Lipinski definition) is 2. The predicted octanol–water partition coefficient (Wildman–Crippen LogP) is -1.45. The van der Waals surface area contributed by atoms with E-state index in [-0.39, 0.29) is 19.0 Å². The molecular formula is C11H17F3N4O3. The number of carbonyl (C=O) groups excluding carboxylic acids is 3. The number of rotatable bonds is 4. The lowest BCUT2D eigenvalue weighted by atomic mass is 10.2. The number of alkyl halides is 3. The number of nitrogens with zero attached hydrogens (tertiary/aromatic N) is 2. The van der Waals surface area contributed by atoms with Crippen LogP contribution in [0.5, 0.6) is 0 Å². The van der Waals surface area contributed by atoms with Gasteiger partial charge in [0, 0.05) is 20.6 Å². The third-order valence-electron chi connectivity index (χ3n) is 2.82. The molecule has 0 spiro atoms. The number of amides is 3. The Labute approximate surface area is 119 Å². The number of piperazine rings is 1. The lowest BCUT2D eigenvalue weighted by Crippen LogP contribution is -2.60. The van der Waals surface area contributed by atoms with Gasteiger partial charge in [-0.1, -0.05) is 0 Å². The summed E-state index contributed by atoms with van der Waals surface area (Å²) in [6.45, 7) is -2.45. The molecule has 1 saturated heterocycles. The zero-order chi connectivity index (χ0) is 16.2. The van der Waals surface area contributed by atoms with E-state index in [0.29, 0.717) is 4.90 Å². The highest BCUT2D eigenvalue weighted by atomic mass is 19.4. The summed E-state index contributed by atoms with van der Waals surface area (Å²) in [6.07, 6.45) is -4.61. The van der Waals surface area contributed by atoms with Gasteiger partial charge in [-0.15, -0.1) is 0 Å². The first-order valence-corrected chi connectivity index (χ1v) is 6.16. The molecule has 7 nitrogen and oxygen atoms in total. The van der Waals surface area contributed by atoms with Crippen LogP contribution in [0.2, 0.25) is 0 Å². The molecule has 0 saturated carbocycles. The summed E-state index contributed by atoms with van der Waals surface area (Å²) in [5, 5.41) is 4.92. The molecule has 1 aliphatic rings. The SMILES string of the molecule is CN(C)C(=O)CN(CC(F)(F)F)C(=O)C1CNC(=O)CN1. The Morgan fingerprint density at radius 3 is 2.38 bits per heavy atom. The summed E-state index contributed by atoms with van der Waals surface area (Å²) in [7, 11) is 2.77. The first kappa shape index (κ1) is 17.2. The molecule has 1 aliphatic heterocycles. The van der Waals surface area contributed by atoms with E-state index in [1.165, 1.54) is 14.1 Å². The molecule has 120 valence electrons. The maximum absolute atomic E-state index is 12.5. The largest absolute Gasteiger partial charge is 0.406 e. The van der Waals surface area contributed by atoms with Gasteiger partial charge in [0.15, 0.2) is 0 Å². The number of hydrogen-bond acceptors (Lipinski definition) is 4. The number of carbonyl (C=O) groups is 3. The van der Waals surface area contributed by atoms with E-state index in [9.17, 15) is 27.6 Å². The van der Waals surface area contributed by atoms with Gasteiger partial charge in [0.25, 0.3) is 0 Å². The van der Waals surface area contributed by atoms with Gasteiger partial charge in [0.2, 0.25) is 17.7 Å². The van der Waals surface area contributed by atoms with Crippen molar-refractivity contribution >= 4 is 17.7 Å². The summed E-state index contributed by atoms with van der Waals surface area (Å²) in [4.78, 5) is 36.1. The van der Waals surface area contributed by atoms with Crippen LogP contribution in [0.15, 0.2) is 0 Å². The normalized spacial score (nSPS) is 18.9. The van der Waals surface area contributed by atoms with Crippen LogP contribution in [0.25, 0.3) is 0 Å². The third kappa shape index (κ3) is 5.58. The van der Waals surface area contributed by atoms with E-state index in [1.54, 1.807) is 0 Å². The summed E-state index contributed by atoms with van der Waals surface area (Å²) in [6, 6.07) is -0.972. The van der Waals surface area contributed by atoms with Crippen molar-refractivity contribution in [3.8, 4) is 0 Å². The molecule has 2 N–H and O–H groups in total. The third-order valence-corrected chi connectivity index (χ3v) is 2.82. The van der Waals surface area contributed by atoms with Crippen LogP contribution in [-0.2, 0) is 14.4 Å². The van der Waals surface area contributed by atoms with Crippen molar-refractivity contribution in [2.75, 3.05) is 40.3 Å². The minimum atomic E-state index is -4.61. The molecule has 1 heterocycles. The van der Waals surface area contributed by atoms with E-state index in [0.717, 1.165) is 4.90 Å². The van der Waals surface area contributed by atoms with Crippen LogP contribution in [0.1, 0.15) is 0 Å². The predicted molar refractivity (Wildman–Crippen MR) is 66.1 cm³/mol. The average Bonchev–Trinajstić information content (AvgIpc) is 2.36.